The number of rotatable bonds is 13. The molecule has 1 fully saturated rings. The van der Waals surface area contributed by atoms with Gasteiger partial charge in [-0.1, -0.05) is 66.7 Å². The van der Waals surface area contributed by atoms with Gasteiger partial charge < -0.3 is 34.3 Å². The molecule has 4 rings (SSSR count). The highest BCUT2D eigenvalue weighted by molar-refractivity contribution is 5.97. The number of carbonyl (C=O) groups excluding carboxylic acids is 3. The molecule has 0 spiro atoms. The Morgan fingerprint density at radius 1 is 0.976 bits per heavy atom. The van der Waals surface area contributed by atoms with E-state index < -0.39 is 42.0 Å². The maximum atomic E-state index is 13.4. The molecule has 10 nitrogen and oxygen atoms in total. The first kappa shape index (κ1) is 30.1. The molecule has 1 saturated heterocycles. The van der Waals surface area contributed by atoms with Gasteiger partial charge in [-0.15, -0.1) is 0 Å². The van der Waals surface area contributed by atoms with Gasteiger partial charge in [-0.3, -0.25) is 9.59 Å². The van der Waals surface area contributed by atoms with Gasteiger partial charge in [0.2, 0.25) is 5.91 Å². The minimum atomic E-state index is -1.31. The predicted molar refractivity (Wildman–Crippen MR) is 155 cm³/mol. The van der Waals surface area contributed by atoms with Gasteiger partial charge in [-0.05, 0) is 42.3 Å². The van der Waals surface area contributed by atoms with Crippen molar-refractivity contribution in [2.24, 2.45) is 0 Å². The first-order valence-electron chi connectivity index (χ1n) is 13.4. The fraction of sp³-hybridized carbons (Fsp3) is 0.281. The van der Waals surface area contributed by atoms with Gasteiger partial charge in [-0.25, -0.2) is 4.79 Å². The van der Waals surface area contributed by atoms with Crippen molar-refractivity contribution in [2.75, 3.05) is 20.8 Å². The average molecular weight is 575 g/mol. The minimum Gasteiger partial charge on any atom is -0.493 e. The van der Waals surface area contributed by atoms with Crippen LogP contribution < -0.4 is 19.5 Å². The molecule has 0 saturated carbocycles. The lowest BCUT2D eigenvalue weighted by Crippen LogP contribution is -2.75. The van der Waals surface area contributed by atoms with Crippen LogP contribution in [0.3, 0.4) is 0 Å². The number of methoxy groups -OCH3 is 2. The van der Waals surface area contributed by atoms with Gasteiger partial charge in [-0.2, -0.15) is 0 Å². The SMILES string of the molecule is COc1ccc(COC(=O)[C@@H]([C@H](C)O)N2C(=O)[C@@H](NC(=O)COc3ccccc3)[C@H]2/C=C/c2ccccc2)cc1OC. The summed E-state index contributed by atoms with van der Waals surface area (Å²) in [7, 11) is 3.02. The number of nitrogens with one attached hydrogen (secondary N) is 1. The van der Waals surface area contributed by atoms with E-state index in [1.54, 1.807) is 54.6 Å². The molecule has 220 valence electrons. The largest absolute Gasteiger partial charge is 0.493 e. The predicted octanol–water partition coefficient (Wildman–Crippen LogP) is 2.98. The van der Waals surface area contributed by atoms with Crippen molar-refractivity contribution >= 4 is 23.9 Å². The van der Waals surface area contributed by atoms with E-state index in [4.69, 9.17) is 18.9 Å². The highest BCUT2D eigenvalue weighted by Gasteiger charge is 2.53. The molecule has 2 N–H and O–H groups in total. The normalized spacial score (nSPS) is 17.6. The van der Waals surface area contributed by atoms with E-state index in [-0.39, 0.29) is 13.2 Å². The maximum Gasteiger partial charge on any atom is 0.331 e. The molecule has 0 bridgehead atoms. The summed E-state index contributed by atoms with van der Waals surface area (Å²) in [4.78, 5) is 40.6. The number of esters is 1. The van der Waals surface area contributed by atoms with Crippen molar-refractivity contribution < 1.29 is 38.4 Å². The third-order valence-electron chi connectivity index (χ3n) is 6.73. The fourth-order valence-corrected chi connectivity index (χ4v) is 4.61. The lowest BCUT2D eigenvalue weighted by molar-refractivity contribution is -0.173. The third-order valence-corrected chi connectivity index (χ3v) is 6.73. The molecule has 3 aromatic rings. The molecule has 0 unspecified atom stereocenters. The number of ether oxygens (including phenoxy) is 4. The van der Waals surface area contributed by atoms with Crippen LogP contribution in [-0.2, 0) is 25.7 Å². The van der Waals surface area contributed by atoms with Crippen molar-refractivity contribution in [3.63, 3.8) is 0 Å². The van der Waals surface area contributed by atoms with Crippen molar-refractivity contribution in [1.82, 2.24) is 10.2 Å². The Balaban J connectivity index is 1.49. The second-order valence-corrected chi connectivity index (χ2v) is 9.64. The highest BCUT2D eigenvalue weighted by Crippen LogP contribution is 2.30. The summed E-state index contributed by atoms with van der Waals surface area (Å²) in [6.07, 6.45) is 2.26. The second-order valence-electron chi connectivity index (χ2n) is 9.64. The number of benzene rings is 3. The zero-order valence-corrected chi connectivity index (χ0v) is 23.6. The average Bonchev–Trinajstić information content (AvgIpc) is 3.02. The first-order valence-corrected chi connectivity index (χ1v) is 13.4. The Labute approximate surface area is 244 Å². The van der Waals surface area contributed by atoms with Crippen LogP contribution in [-0.4, -0.2) is 72.8 Å². The zero-order chi connectivity index (χ0) is 30.1. The van der Waals surface area contributed by atoms with Crippen LogP contribution in [0.5, 0.6) is 17.2 Å². The summed E-state index contributed by atoms with van der Waals surface area (Å²) in [5, 5.41) is 13.3. The van der Waals surface area contributed by atoms with Crippen LogP contribution in [0.2, 0.25) is 0 Å². The van der Waals surface area contributed by atoms with Gasteiger partial charge in [0.15, 0.2) is 24.1 Å². The second kappa shape index (κ2) is 14.2. The van der Waals surface area contributed by atoms with Crippen molar-refractivity contribution in [2.45, 2.75) is 37.8 Å². The third kappa shape index (κ3) is 7.27. The molecule has 2 amide bonds. The molecule has 4 atom stereocenters. The van der Waals surface area contributed by atoms with Gasteiger partial charge in [0.25, 0.3) is 5.91 Å². The van der Waals surface area contributed by atoms with Crippen LogP contribution in [0, 0.1) is 0 Å². The van der Waals surface area contributed by atoms with Gasteiger partial charge in [0, 0.05) is 0 Å². The Bertz CT molecular complexity index is 1390. The summed E-state index contributed by atoms with van der Waals surface area (Å²) in [6.45, 7) is 0.995. The number of para-hydroxylation sites is 1. The molecule has 0 aromatic heterocycles. The fourth-order valence-electron chi connectivity index (χ4n) is 4.61. The van der Waals surface area contributed by atoms with Crippen LogP contribution in [0.25, 0.3) is 6.08 Å². The first-order chi connectivity index (χ1) is 20.3. The molecule has 1 heterocycles. The number of hydrogen-bond acceptors (Lipinski definition) is 8. The van der Waals surface area contributed by atoms with E-state index >= 15 is 0 Å². The number of aliphatic hydroxyl groups excluding tert-OH is 1. The maximum absolute atomic E-state index is 13.4. The Hall–Kier alpha value is -4.83. The molecule has 3 aromatic carbocycles. The number of likely N-dealkylation sites (tertiary alicyclic amines) is 1. The summed E-state index contributed by atoms with van der Waals surface area (Å²) >= 11 is 0. The minimum absolute atomic E-state index is 0.119. The van der Waals surface area contributed by atoms with E-state index in [0.29, 0.717) is 22.8 Å². The molecule has 42 heavy (non-hydrogen) atoms. The number of carbonyl (C=O) groups is 3. The van der Waals surface area contributed by atoms with Crippen molar-refractivity contribution in [3.8, 4) is 17.2 Å². The highest BCUT2D eigenvalue weighted by atomic mass is 16.5. The summed E-state index contributed by atoms with van der Waals surface area (Å²) < 4.78 is 21.6. The summed E-state index contributed by atoms with van der Waals surface area (Å²) in [5.74, 6) is -0.309. The smallest absolute Gasteiger partial charge is 0.331 e. The van der Waals surface area contributed by atoms with E-state index in [9.17, 15) is 19.5 Å². The van der Waals surface area contributed by atoms with Crippen molar-refractivity contribution in [1.29, 1.82) is 0 Å². The molecular formula is C32H34N2O8. The molecule has 10 heteroatoms. The van der Waals surface area contributed by atoms with E-state index in [1.165, 1.54) is 26.0 Å². The van der Waals surface area contributed by atoms with Crippen LogP contribution in [0.1, 0.15) is 18.1 Å². The Kier molecular flexibility index (Phi) is 10.2. The van der Waals surface area contributed by atoms with E-state index in [0.717, 1.165) is 5.56 Å². The molecule has 0 radical (unpaired) electrons. The van der Waals surface area contributed by atoms with Crippen LogP contribution in [0.4, 0.5) is 0 Å². The monoisotopic (exact) mass is 574 g/mol. The van der Waals surface area contributed by atoms with Gasteiger partial charge in [0.05, 0.1) is 26.4 Å². The Morgan fingerprint density at radius 3 is 2.29 bits per heavy atom. The molecule has 0 aliphatic carbocycles. The van der Waals surface area contributed by atoms with Crippen molar-refractivity contribution in [3.05, 3.63) is 96.1 Å². The molecule has 1 aliphatic rings. The lowest BCUT2D eigenvalue weighted by Gasteiger charge is -2.49. The van der Waals surface area contributed by atoms with E-state index in [2.05, 4.69) is 5.32 Å². The number of nitrogens with zero attached hydrogens (tertiary/aromatic N) is 1. The molecule has 1 aliphatic heterocycles. The quantitative estimate of drug-likeness (QED) is 0.236. The summed E-state index contributed by atoms with van der Waals surface area (Å²) in [6, 6.07) is 20.3. The topological polar surface area (TPSA) is 124 Å². The van der Waals surface area contributed by atoms with Gasteiger partial charge in [0.1, 0.15) is 18.4 Å². The lowest BCUT2D eigenvalue weighted by atomic mass is 9.89. The summed E-state index contributed by atoms with van der Waals surface area (Å²) in [5.41, 5.74) is 1.49. The number of amides is 2. The standard InChI is InChI=1S/C32H34N2O8/c1-21(35)30(32(38)42-19-23-15-17-26(39-2)27(18-23)40-3)34-25(16-14-22-10-6-4-7-11-22)29(31(34)37)33-28(36)20-41-24-12-8-5-9-13-24/h4-18,21,25,29-30,35H,19-20H2,1-3H3,(H,33,36)/b16-14+/t21-,25+,29-,30+/m0/s1. The number of β-lactam (4-membered cyclic amide) rings is 1. The number of hydrogen-bond donors (Lipinski definition) is 2. The van der Waals surface area contributed by atoms with Crippen LogP contribution in [0.15, 0.2) is 84.9 Å². The van der Waals surface area contributed by atoms with Gasteiger partial charge >= 0.3 is 5.97 Å². The molecular weight excluding hydrogens is 540 g/mol. The zero-order valence-electron chi connectivity index (χ0n) is 23.6. The van der Waals surface area contributed by atoms with E-state index in [1.807, 2.05) is 36.4 Å². The van der Waals surface area contributed by atoms with Crippen LogP contribution >= 0.6 is 0 Å². The Morgan fingerprint density at radius 2 is 1.64 bits per heavy atom. The number of aliphatic hydroxyl groups is 1.